The second-order valence-corrected chi connectivity index (χ2v) is 5.03. The molecule has 8 heteroatoms. The normalized spacial score (nSPS) is 12.3. The van der Waals surface area contributed by atoms with Crippen LogP contribution in [0.3, 0.4) is 0 Å². The predicted octanol–water partition coefficient (Wildman–Crippen LogP) is 1.66. The Kier molecular flexibility index (Phi) is 4.07. The highest BCUT2D eigenvalue weighted by molar-refractivity contribution is 5.90. The van der Waals surface area contributed by atoms with Crippen molar-refractivity contribution in [2.45, 2.75) is 6.04 Å². The van der Waals surface area contributed by atoms with Crippen LogP contribution in [0.2, 0.25) is 0 Å². The van der Waals surface area contributed by atoms with Crippen molar-refractivity contribution in [3.63, 3.8) is 0 Å². The summed E-state index contributed by atoms with van der Waals surface area (Å²) < 4.78 is 20.9. The summed E-state index contributed by atoms with van der Waals surface area (Å²) >= 11 is 0. The number of ether oxygens (including phenoxy) is 1. The fourth-order valence-electron chi connectivity index (χ4n) is 2.37. The number of aliphatic hydroxyl groups excluding tert-OH is 1. The zero-order valence-electron chi connectivity index (χ0n) is 12.7. The number of aromatic nitrogens is 4. The average molecular weight is 317 g/mol. The van der Waals surface area contributed by atoms with Gasteiger partial charge in [-0.2, -0.15) is 5.10 Å². The zero-order valence-corrected chi connectivity index (χ0v) is 12.7. The van der Waals surface area contributed by atoms with Gasteiger partial charge in [-0.1, -0.05) is 0 Å². The predicted molar refractivity (Wildman–Crippen MR) is 82.7 cm³/mol. The van der Waals surface area contributed by atoms with Crippen molar-refractivity contribution in [1.29, 1.82) is 0 Å². The maximum absolute atomic E-state index is 14.3. The van der Waals surface area contributed by atoms with Gasteiger partial charge in [0.15, 0.2) is 11.6 Å². The molecule has 0 spiro atoms. The first-order chi connectivity index (χ1) is 11.1. The standard InChI is InChI=1S/C15H16FN5O2/c1-21-6-9(5-19-21)11(7-22)20-15-10-3-4-12(23-2)13(16)14(10)17-8-18-15/h3-6,8,11,22H,7H2,1-2H3,(H,17,18,20). The minimum absolute atomic E-state index is 0.119. The summed E-state index contributed by atoms with van der Waals surface area (Å²) in [6.45, 7) is -0.157. The summed E-state index contributed by atoms with van der Waals surface area (Å²) in [5.41, 5.74) is 0.959. The van der Waals surface area contributed by atoms with E-state index in [0.29, 0.717) is 11.2 Å². The Labute approximate surface area is 131 Å². The first-order valence-corrected chi connectivity index (χ1v) is 6.97. The van der Waals surface area contributed by atoms with Crippen molar-refractivity contribution in [2.24, 2.45) is 7.05 Å². The highest BCUT2D eigenvalue weighted by atomic mass is 19.1. The third-order valence-corrected chi connectivity index (χ3v) is 3.55. The number of fused-ring (bicyclic) bond motifs is 1. The molecule has 0 aliphatic rings. The molecule has 0 radical (unpaired) electrons. The monoisotopic (exact) mass is 317 g/mol. The Hall–Kier alpha value is -2.74. The van der Waals surface area contributed by atoms with Gasteiger partial charge in [-0.15, -0.1) is 0 Å². The van der Waals surface area contributed by atoms with Crippen molar-refractivity contribution >= 4 is 16.7 Å². The van der Waals surface area contributed by atoms with E-state index < -0.39 is 11.9 Å². The number of methoxy groups -OCH3 is 1. The molecule has 2 N–H and O–H groups in total. The lowest BCUT2D eigenvalue weighted by atomic mass is 10.1. The molecule has 0 aliphatic heterocycles. The number of nitrogens with one attached hydrogen (secondary N) is 1. The second kappa shape index (κ2) is 6.17. The van der Waals surface area contributed by atoms with E-state index in [0.717, 1.165) is 5.56 Å². The average Bonchev–Trinajstić information content (AvgIpc) is 2.99. The molecule has 1 aromatic carbocycles. The number of aliphatic hydroxyl groups is 1. The van der Waals surface area contributed by atoms with Crippen LogP contribution >= 0.6 is 0 Å². The molecule has 0 aliphatic carbocycles. The first kappa shape index (κ1) is 15.2. The summed E-state index contributed by atoms with van der Waals surface area (Å²) in [5, 5.41) is 17.3. The third kappa shape index (κ3) is 2.80. The molecule has 1 unspecified atom stereocenters. The smallest absolute Gasteiger partial charge is 0.191 e. The van der Waals surface area contributed by atoms with E-state index >= 15 is 0 Å². The molecular weight excluding hydrogens is 301 g/mol. The van der Waals surface area contributed by atoms with E-state index in [1.807, 2.05) is 0 Å². The van der Waals surface area contributed by atoms with Gasteiger partial charge in [0.25, 0.3) is 0 Å². The van der Waals surface area contributed by atoms with Gasteiger partial charge in [0.2, 0.25) is 0 Å². The maximum atomic E-state index is 14.3. The number of halogens is 1. The van der Waals surface area contributed by atoms with E-state index in [2.05, 4.69) is 20.4 Å². The Balaban J connectivity index is 2.01. The number of benzene rings is 1. The molecule has 3 rings (SSSR count). The molecule has 0 fully saturated rings. The van der Waals surface area contributed by atoms with Gasteiger partial charge >= 0.3 is 0 Å². The molecule has 0 bridgehead atoms. The summed E-state index contributed by atoms with van der Waals surface area (Å²) in [6, 6.07) is 2.79. The Morgan fingerprint density at radius 2 is 2.22 bits per heavy atom. The minimum atomic E-state index is -0.544. The molecule has 7 nitrogen and oxygen atoms in total. The van der Waals surface area contributed by atoms with Crippen LogP contribution in [0.15, 0.2) is 30.9 Å². The molecule has 2 aromatic heterocycles. The number of anilines is 1. The van der Waals surface area contributed by atoms with Crippen LogP contribution in [0, 0.1) is 5.82 Å². The van der Waals surface area contributed by atoms with Crippen molar-refractivity contribution in [3.8, 4) is 5.75 Å². The van der Waals surface area contributed by atoms with Crippen molar-refractivity contribution in [1.82, 2.24) is 19.7 Å². The van der Waals surface area contributed by atoms with E-state index in [-0.39, 0.29) is 17.9 Å². The fraction of sp³-hybridized carbons (Fsp3) is 0.267. The van der Waals surface area contributed by atoms with Crippen LogP contribution in [-0.4, -0.2) is 38.6 Å². The molecule has 0 amide bonds. The van der Waals surface area contributed by atoms with E-state index in [1.54, 1.807) is 30.2 Å². The van der Waals surface area contributed by atoms with Crippen LogP contribution in [0.4, 0.5) is 10.2 Å². The largest absolute Gasteiger partial charge is 0.494 e. The van der Waals surface area contributed by atoms with Crippen LogP contribution in [0.5, 0.6) is 5.75 Å². The van der Waals surface area contributed by atoms with Crippen LogP contribution in [0.25, 0.3) is 10.9 Å². The number of rotatable bonds is 5. The molecule has 2 heterocycles. The van der Waals surface area contributed by atoms with Crippen LogP contribution in [-0.2, 0) is 7.05 Å². The molecular formula is C15H16FN5O2. The van der Waals surface area contributed by atoms with Gasteiger partial charge < -0.3 is 15.2 Å². The van der Waals surface area contributed by atoms with Gasteiger partial charge in [-0.3, -0.25) is 4.68 Å². The molecule has 0 saturated heterocycles. The number of nitrogens with zero attached hydrogens (tertiary/aromatic N) is 4. The Bertz CT molecular complexity index is 836. The van der Waals surface area contributed by atoms with E-state index in [4.69, 9.17) is 4.74 Å². The lowest BCUT2D eigenvalue weighted by Gasteiger charge is -2.17. The Morgan fingerprint density at radius 3 is 2.87 bits per heavy atom. The van der Waals surface area contributed by atoms with Crippen LogP contribution < -0.4 is 10.1 Å². The first-order valence-electron chi connectivity index (χ1n) is 6.97. The summed E-state index contributed by atoms with van der Waals surface area (Å²) in [6.07, 6.45) is 4.71. The molecule has 23 heavy (non-hydrogen) atoms. The highest BCUT2D eigenvalue weighted by Gasteiger charge is 2.17. The van der Waals surface area contributed by atoms with Crippen molar-refractivity contribution < 1.29 is 14.2 Å². The molecule has 0 saturated carbocycles. The second-order valence-electron chi connectivity index (χ2n) is 5.03. The fourth-order valence-corrected chi connectivity index (χ4v) is 2.37. The van der Waals surface area contributed by atoms with Gasteiger partial charge in [0.05, 0.1) is 26.0 Å². The van der Waals surface area contributed by atoms with E-state index in [9.17, 15) is 9.50 Å². The third-order valence-electron chi connectivity index (χ3n) is 3.55. The maximum Gasteiger partial charge on any atom is 0.191 e. The summed E-state index contributed by atoms with van der Waals surface area (Å²) in [7, 11) is 3.19. The Morgan fingerprint density at radius 1 is 1.39 bits per heavy atom. The number of hydrogen-bond donors (Lipinski definition) is 2. The van der Waals surface area contributed by atoms with Crippen LogP contribution in [0.1, 0.15) is 11.6 Å². The van der Waals surface area contributed by atoms with Gasteiger partial charge in [-0.05, 0) is 12.1 Å². The molecule has 3 aromatic rings. The van der Waals surface area contributed by atoms with E-state index in [1.165, 1.54) is 19.5 Å². The zero-order chi connectivity index (χ0) is 16.4. The lowest BCUT2D eigenvalue weighted by Crippen LogP contribution is -2.15. The van der Waals surface area contributed by atoms with Crippen molar-refractivity contribution in [2.75, 3.05) is 19.0 Å². The summed E-state index contributed by atoms with van der Waals surface area (Å²) in [4.78, 5) is 8.13. The van der Waals surface area contributed by atoms with Gasteiger partial charge in [-0.25, -0.2) is 14.4 Å². The number of aryl methyl sites for hydroxylation is 1. The van der Waals surface area contributed by atoms with Gasteiger partial charge in [0.1, 0.15) is 17.7 Å². The SMILES string of the molecule is COc1ccc2c(NC(CO)c3cnn(C)c3)ncnc2c1F. The van der Waals surface area contributed by atoms with Gasteiger partial charge in [0, 0.05) is 24.2 Å². The van der Waals surface area contributed by atoms with Crippen molar-refractivity contribution in [3.05, 3.63) is 42.2 Å². The molecule has 120 valence electrons. The molecule has 1 atom stereocenters. The minimum Gasteiger partial charge on any atom is -0.494 e. The summed E-state index contributed by atoms with van der Waals surface area (Å²) in [5.74, 6) is 0.00458. The quantitative estimate of drug-likeness (QED) is 0.744. The number of hydrogen-bond acceptors (Lipinski definition) is 6. The highest BCUT2D eigenvalue weighted by Crippen LogP contribution is 2.29. The topological polar surface area (TPSA) is 85.1 Å². The lowest BCUT2D eigenvalue weighted by molar-refractivity contribution is 0.276.